The van der Waals surface area contributed by atoms with Crippen molar-refractivity contribution in [3.63, 3.8) is 0 Å². The van der Waals surface area contributed by atoms with Crippen LogP contribution >= 0.6 is 0 Å². The van der Waals surface area contributed by atoms with E-state index in [4.69, 9.17) is 4.74 Å². The average molecular weight is 492 g/mol. The summed E-state index contributed by atoms with van der Waals surface area (Å²) in [6, 6.07) is 15.3. The van der Waals surface area contributed by atoms with Crippen LogP contribution in [0.15, 0.2) is 54.7 Å². The predicted molar refractivity (Wildman–Crippen MR) is 141 cm³/mol. The van der Waals surface area contributed by atoms with Crippen LogP contribution < -0.4 is 10.2 Å². The average Bonchev–Trinajstić information content (AvgIpc) is 2.87. The molecule has 36 heavy (non-hydrogen) atoms. The molecule has 0 radical (unpaired) electrons. The van der Waals surface area contributed by atoms with Gasteiger partial charge in [-0.2, -0.15) is 0 Å². The van der Waals surface area contributed by atoms with Crippen molar-refractivity contribution in [1.29, 1.82) is 0 Å². The first-order valence-electron chi connectivity index (χ1n) is 12.2. The monoisotopic (exact) mass is 491 g/mol. The molecule has 2 N–H and O–H groups in total. The van der Waals surface area contributed by atoms with Crippen molar-refractivity contribution in [2.24, 2.45) is 5.92 Å². The lowest BCUT2D eigenvalue weighted by Crippen LogP contribution is -2.38. The standard InChI is InChI=1S/C29H34FN3O3/c1-19-5-8-24(32-28(35)23-9-10-31-27(15-23)29(2,3)30)16-25(19)21-6-7-22-13-20(18-34)17-33(11-12-36-4)26(22)14-21/h5-10,14-16,20,34H,11-13,17-18H2,1-4H3,(H,32,35). The van der Waals surface area contributed by atoms with Gasteiger partial charge in [-0.3, -0.25) is 9.78 Å². The summed E-state index contributed by atoms with van der Waals surface area (Å²) in [5, 5.41) is 12.7. The highest BCUT2D eigenvalue weighted by Gasteiger charge is 2.25. The summed E-state index contributed by atoms with van der Waals surface area (Å²) in [6.07, 6.45) is 2.30. The van der Waals surface area contributed by atoms with Crippen LogP contribution in [0.1, 0.15) is 41.0 Å². The fourth-order valence-electron chi connectivity index (χ4n) is 4.63. The SMILES string of the molecule is COCCN1CC(CO)Cc2ccc(-c3cc(NC(=O)c4ccnc(C(C)(C)F)c4)ccc3C)cc21. The normalized spacial score (nSPS) is 15.5. The molecule has 0 saturated carbocycles. The van der Waals surface area contributed by atoms with Gasteiger partial charge in [0.05, 0.1) is 12.3 Å². The number of nitrogens with zero attached hydrogens (tertiary/aromatic N) is 2. The third-order valence-electron chi connectivity index (χ3n) is 6.67. The molecule has 1 atom stereocenters. The van der Waals surface area contributed by atoms with Crippen molar-refractivity contribution in [2.45, 2.75) is 32.9 Å². The Morgan fingerprint density at radius 1 is 1.22 bits per heavy atom. The summed E-state index contributed by atoms with van der Waals surface area (Å²) in [5.41, 5.74) is 5.13. The third-order valence-corrected chi connectivity index (χ3v) is 6.67. The van der Waals surface area contributed by atoms with Gasteiger partial charge >= 0.3 is 0 Å². The van der Waals surface area contributed by atoms with Crippen molar-refractivity contribution < 1.29 is 19.0 Å². The Hall–Kier alpha value is -3.29. The van der Waals surface area contributed by atoms with Crippen molar-refractivity contribution >= 4 is 17.3 Å². The number of fused-ring (bicyclic) bond motifs is 1. The van der Waals surface area contributed by atoms with Gasteiger partial charge in [-0.25, -0.2) is 4.39 Å². The molecule has 1 amide bonds. The number of ether oxygens (including phenoxy) is 1. The molecule has 1 aliphatic heterocycles. The van der Waals surface area contributed by atoms with E-state index in [1.165, 1.54) is 31.7 Å². The summed E-state index contributed by atoms with van der Waals surface area (Å²) in [5.74, 6) is -0.110. The number of aliphatic hydroxyl groups excluding tert-OH is 1. The Morgan fingerprint density at radius 2 is 2.03 bits per heavy atom. The second-order valence-corrected chi connectivity index (χ2v) is 9.92. The van der Waals surface area contributed by atoms with Crippen molar-refractivity contribution in [1.82, 2.24) is 4.98 Å². The summed E-state index contributed by atoms with van der Waals surface area (Å²) < 4.78 is 19.6. The zero-order valence-electron chi connectivity index (χ0n) is 21.3. The number of alkyl halides is 1. The maximum absolute atomic E-state index is 14.3. The highest BCUT2D eigenvalue weighted by atomic mass is 19.1. The molecule has 3 aromatic rings. The molecule has 1 unspecified atom stereocenters. The van der Waals surface area contributed by atoms with Gasteiger partial charge in [0.2, 0.25) is 0 Å². The number of amides is 1. The summed E-state index contributed by atoms with van der Waals surface area (Å²) in [4.78, 5) is 19.3. The molecule has 2 heterocycles. The number of nitrogens with one attached hydrogen (secondary N) is 1. The second-order valence-electron chi connectivity index (χ2n) is 9.92. The van der Waals surface area contributed by atoms with E-state index in [2.05, 4.69) is 33.4 Å². The number of carbonyl (C=O) groups is 1. The van der Waals surface area contributed by atoms with Crippen molar-refractivity contribution in [3.8, 4) is 11.1 Å². The molecule has 0 fully saturated rings. The van der Waals surface area contributed by atoms with Crippen molar-refractivity contribution in [3.05, 3.63) is 77.1 Å². The van der Waals surface area contributed by atoms with Gasteiger partial charge in [-0.05, 0) is 79.8 Å². The predicted octanol–water partition coefficient (Wildman–Crippen LogP) is 5.13. The fourth-order valence-corrected chi connectivity index (χ4v) is 4.63. The van der Waals surface area contributed by atoms with Gasteiger partial charge in [0.1, 0.15) is 5.67 Å². The van der Waals surface area contributed by atoms with E-state index in [1.807, 2.05) is 25.1 Å². The Labute approximate surface area is 212 Å². The molecular formula is C29H34FN3O3. The van der Waals surface area contributed by atoms with Crippen LogP contribution in [0.5, 0.6) is 0 Å². The number of pyridine rings is 1. The van der Waals surface area contributed by atoms with Gasteiger partial charge in [0.15, 0.2) is 0 Å². The fraction of sp³-hybridized carbons (Fsp3) is 0.379. The zero-order chi connectivity index (χ0) is 25.9. The molecule has 6 nitrogen and oxygen atoms in total. The van der Waals surface area contributed by atoms with Crippen molar-refractivity contribution in [2.75, 3.05) is 43.6 Å². The van der Waals surface area contributed by atoms with E-state index in [9.17, 15) is 14.3 Å². The molecule has 0 bridgehead atoms. The molecule has 7 heteroatoms. The number of benzene rings is 2. The van der Waals surface area contributed by atoms with Gasteiger partial charge in [-0.1, -0.05) is 18.2 Å². The topological polar surface area (TPSA) is 74.7 Å². The highest BCUT2D eigenvalue weighted by Crippen LogP contribution is 2.35. The number of halogens is 1. The lowest BCUT2D eigenvalue weighted by atomic mass is 9.90. The number of carbonyl (C=O) groups excluding carboxylic acids is 1. The zero-order valence-corrected chi connectivity index (χ0v) is 21.3. The van der Waals surface area contributed by atoms with E-state index >= 15 is 0 Å². The molecule has 0 spiro atoms. The first kappa shape index (κ1) is 25.8. The lowest BCUT2D eigenvalue weighted by Gasteiger charge is -2.36. The molecule has 0 aliphatic carbocycles. The summed E-state index contributed by atoms with van der Waals surface area (Å²) in [7, 11) is 1.69. The molecule has 190 valence electrons. The van der Waals surface area contributed by atoms with E-state index in [1.54, 1.807) is 13.2 Å². The lowest BCUT2D eigenvalue weighted by molar-refractivity contribution is 0.102. The molecule has 4 rings (SSSR count). The van der Waals surface area contributed by atoms with Crippen LogP contribution in [0.25, 0.3) is 11.1 Å². The van der Waals surface area contributed by atoms with Crippen LogP contribution in [0.2, 0.25) is 0 Å². The minimum absolute atomic E-state index is 0.160. The number of methoxy groups -OCH3 is 1. The Morgan fingerprint density at radius 3 is 2.75 bits per heavy atom. The molecule has 1 aromatic heterocycles. The number of hydrogen-bond acceptors (Lipinski definition) is 5. The molecular weight excluding hydrogens is 457 g/mol. The third kappa shape index (κ3) is 5.74. The van der Waals surface area contributed by atoms with E-state index < -0.39 is 5.67 Å². The number of anilines is 2. The van der Waals surface area contributed by atoms with Crippen LogP contribution in [0.3, 0.4) is 0 Å². The number of aryl methyl sites for hydroxylation is 1. The van der Waals surface area contributed by atoms with Gasteiger partial charge in [-0.15, -0.1) is 0 Å². The van der Waals surface area contributed by atoms with E-state index in [0.717, 1.165) is 41.9 Å². The molecule has 0 saturated heterocycles. The summed E-state index contributed by atoms with van der Waals surface area (Å²) >= 11 is 0. The smallest absolute Gasteiger partial charge is 0.255 e. The van der Waals surface area contributed by atoms with Crippen LogP contribution in [0.4, 0.5) is 15.8 Å². The highest BCUT2D eigenvalue weighted by molar-refractivity contribution is 6.04. The Balaban J connectivity index is 1.61. The largest absolute Gasteiger partial charge is 0.396 e. The number of hydrogen-bond donors (Lipinski definition) is 2. The Kier molecular flexibility index (Phi) is 7.71. The first-order valence-corrected chi connectivity index (χ1v) is 12.2. The number of rotatable bonds is 8. The van der Waals surface area contributed by atoms with Crippen LogP contribution in [-0.4, -0.2) is 49.4 Å². The minimum Gasteiger partial charge on any atom is -0.396 e. The maximum atomic E-state index is 14.3. The quantitative estimate of drug-likeness (QED) is 0.457. The minimum atomic E-state index is -1.63. The Bertz CT molecular complexity index is 1240. The first-order chi connectivity index (χ1) is 17.2. The molecule has 2 aromatic carbocycles. The van der Waals surface area contributed by atoms with Gasteiger partial charge in [0.25, 0.3) is 5.91 Å². The van der Waals surface area contributed by atoms with E-state index in [0.29, 0.717) is 17.9 Å². The van der Waals surface area contributed by atoms with Gasteiger partial charge in [0, 0.05) is 55.9 Å². The number of aromatic nitrogens is 1. The maximum Gasteiger partial charge on any atom is 0.255 e. The van der Waals surface area contributed by atoms with Crippen LogP contribution in [-0.2, 0) is 16.8 Å². The van der Waals surface area contributed by atoms with Gasteiger partial charge < -0.3 is 20.1 Å². The second kappa shape index (κ2) is 10.8. The summed E-state index contributed by atoms with van der Waals surface area (Å²) in [6.45, 7) is 7.19. The van der Waals surface area contributed by atoms with E-state index in [-0.39, 0.29) is 24.1 Å². The number of aliphatic hydroxyl groups is 1. The molecule has 1 aliphatic rings. The van der Waals surface area contributed by atoms with Crippen LogP contribution in [0, 0.1) is 12.8 Å².